The number of aryl methyl sites for hydroxylation is 1. The first kappa shape index (κ1) is 14.3. The molecule has 1 unspecified atom stereocenters. The summed E-state index contributed by atoms with van der Waals surface area (Å²) in [4.78, 5) is 0. The topological polar surface area (TPSA) is 72.2 Å². The number of hydrogen-bond acceptors (Lipinski definition) is 4. The number of halogens is 3. The minimum absolute atomic E-state index is 0.424. The monoisotopic (exact) mass is 290 g/mol. The van der Waals surface area contributed by atoms with Crippen LogP contribution in [0.1, 0.15) is 17.4 Å². The first-order valence-corrected chi connectivity index (χ1v) is 6.32. The van der Waals surface area contributed by atoms with Crippen LogP contribution in [0.2, 0.25) is 0 Å². The maximum Gasteiger partial charge on any atom is 0.522 e. The lowest BCUT2D eigenvalue weighted by Crippen LogP contribution is -2.21. The van der Waals surface area contributed by atoms with E-state index in [0.29, 0.717) is 5.25 Å². The van der Waals surface area contributed by atoms with E-state index in [2.05, 4.69) is 17.7 Å². The Morgan fingerprint density at radius 2 is 2.06 bits per heavy atom. The molecule has 1 aromatic rings. The minimum atomic E-state index is -5.84. The van der Waals surface area contributed by atoms with Crippen molar-refractivity contribution in [3.63, 3.8) is 0 Å². The summed E-state index contributed by atoms with van der Waals surface area (Å²) in [6.45, 7) is 1.04. The zero-order chi connectivity index (χ0) is 13.3. The van der Waals surface area contributed by atoms with Gasteiger partial charge >= 0.3 is 15.6 Å². The Morgan fingerprint density at radius 3 is 2.47 bits per heavy atom. The lowest BCUT2D eigenvalue weighted by molar-refractivity contribution is -0.0510. The molecule has 0 fully saturated rings. The highest BCUT2D eigenvalue weighted by Crippen LogP contribution is 2.29. The zero-order valence-electron chi connectivity index (χ0n) is 8.29. The van der Waals surface area contributed by atoms with E-state index in [1.807, 2.05) is 16.9 Å². The minimum Gasteiger partial charge on any atom is -0.279 e. The summed E-state index contributed by atoms with van der Waals surface area (Å²) < 4.78 is 59.6. The van der Waals surface area contributed by atoms with Crippen LogP contribution in [0, 0.1) is 0 Å². The fraction of sp³-hybridized carbons (Fsp3) is 0.571. The van der Waals surface area contributed by atoms with Crippen molar-refractivity contribution in [2.24, 2.45) is 0 Å². The normalized spacial score (nSPS) is 19.5. The Bertz CT molecular complexity index is 483. The maximum absolute atomic E-state index is 10.7. The van der Waals surface area contributed by atoms with Gasteiger partial charge in [0.25, 0.3) is 0 Å². The molecule has 1 aromatic heterocycles. The molecule has 0 radical (unpaired) electrons. The second-order valence-electron chi connectivity index (χ2n) is 3.20. The van der Waals surface area contributed by atoms with Crippen molar-refractivity contribution in [1.29, 1.82) is 0 Å². The van der Waals surface area contributed by atoms with Crippen LogP contribution in [0.25, 0.3) is 0 Å². The van der Waals surface area contributed by atoms with Gasteiger partial charge in [0, 0.05) is 18.0 Å². The summed E-state index contributed by atoms with van der Waals surface area (Å²) in [6.07, 6.45) is 2.96. The molecule has 10 heteroatoms. The predicted octanol–water partition coefficient (Wildman–Crippen LogP) is 1.65. The molecule has 5 nitrogen and oxygen atoms in total. The average molecular weight is 290 g/mol. The summed E-state index contributed by atoms with van der Waals surface area (Å²) >= 11 is 4.38. The van der Waals surface area contributed by atoms with E-state index in [-0.39, 0.29) is 0 Å². The summed E-state index contributed by atoms with van der Waals surface area (Å²) in [6, 6.07) is 2.03. The second-order valence-corrected chi connectivity index (χ2v) is 5.24. The number of fused-ring (bicyclic) bond motifs is 1. The van der Waals surface area contributed by atoms with Gasteiger partial charge in [0.2, 0.25) is 0 Å². The smallest absolute Gasteiger partial charge is 0.279 e. The van der Waals surface area contributed by atoms with Crippen molar-refractivity contribution in [1.82, 2.24) is 9.78 Å². The van der Waals surface area contributed by atoms with Gasteiger partial charge in [-0.25, -0.2) is 0 Å². The fourth-order valence-corrected chi connectivity index (χ4v) is 1.54. The highest BCUT2D eigenvalue weighted by Gasteiger charge is 2.44. The van der Waals surface area contributed by atoms with Crippen LogP contribution in [-0.2, 0) is 16.7 Å². The Hall–Kier alpha value is -0.740. The molecular formula is C7H9F3N2O3S2. The lowest BCUT2D eigenvalue weighted by Gasteiger charge is -1.97. The highest BCUT2D eigenvalue weighted by molar-refractivity contribution is 7.86. The van der Waals surface area contributed by atoms with E-state index < -0.39 is 15.6 Å². The number of thiol groups is 1. The van der Waals surface area contributed by atoms with Gasteiger partial charge in [0.15, 0.2) is 0 Å². The van der Waals surface area contributed by atoms with Crippen molar-refractivity contribution in [3.8, 4) is 0 Å². The van der Waals surface area contributed by atoms with Crippen LogP contribution in [0.5, 0.6) is 0 Å². The van der Waals surface area contributed by atoms with Crippen LogP contribution >= 0.6 is 12.6 Å². The lowest BCUT2D eigenvalue weighted by atomic mass is 10.3. The van der Waals surface area contributed by atoms with Gasteiger partial charge in [-0.2, -0.15) is 39.3 Å². The van der Waals surface area contributed by atoms with Crippen LogP contribution < -0.4 is 0 Å². The second kappa shape index (κ2) is 4.86. The molecule has 0 saturated heterocycles. The summed E-state index contributed by atoms with van der Waals surface area (Å²) in [5.41, 5.74) is -4.27. The van der Waals surface area contributed by atoms with Crippen molar-refractivity contribution in [3.05, 3.63) is 18.0 Å². The van der Waals surface area contributed by atoms with E-state index in [1.165, 1.54) is 5.69 Å². The fourth-order valence-electron chi connectivity index (χ4n) is 1.21. The first-order valence-electron chi connectivity index (χ1n) is 4.36. The van der Waals surface area contributed by atoms with E-state index >= 15 is 0 Å². The van der Waals surface area contributed by atoms with Crippen LogP contribution in [0.15, 0.2) is 12.3 Å². The van der Waals surface area contributed by atoms with Crippen molar-refractivity contribution < 1.29 is 26.1 Å². The quantitative estimate of drug-likeness (QED) is 0.433. The molecule has 1 aliphatic rings. The van der Waals surface area contributed by atoms with Gasteiger partial charge in [-0.1, -0.05) is 0 Å². The molecule has 2 rings (SSSR count). The molecule has 0 amide bonds. The SMILES string of the molecule is O=S(=O)(O)C(F)(F)F.SC1CCn2nccc21. The van der Waals surface area contributed by atoms with Crippen molar-refractivity contribution in [2.75, 3.05) is 0 Å². The Labute approximate surface area is 101 Å². The van der Waals surface area contributed by atoms with Crippen molar-refractivity contribution in [2.45, 2.75) is 23.7 Å². The Balaban J connectivity index is 0.000000172. The molecule has 1 aliphatic heterocycles. The molecule has 17 heavy (non-hydrogen) atoms. The van der Waals surface area contributed by atoms with Crippen LogP contribution in [0.4, 0.5) is 13.2 Å². The molecule has 0 aromatic carbocycles. The van der Waals surface area contributed by atoms with E-state index in [1.54, 1.807) is 0 Å². The van der Waals surface area contributed by atoms with Gasteiger partial charge in [-0.15, -0.1) is 0 Å². The van der Waals surface area contributed by atoms with E-state index in [9.17, 15) is 13.2 Å². The molecule has 1 N–H and O–H groups in total. The maximum atomic E-state index is 10.7. The molecule has 0 aliphatic carbocycles. The third-order valence-corrected chi connectivity index (χ3v) is 3.11. The predicted molar refractivity (Wildman–Crippen MR) is 56.2 cm³/mol. The van der Waals surface area contributed by atoms with Gasteiger partial charge in [-0.3, -0.25) is 9.23 Å². The third-order valence-electron chi connectivity index (χ3n) is 2.00. The molecule has 0 saturated carbocycles. The number of nitrogens with zero attached hydrogens (tertiary/aromatic N) is 2. The Morgan fingerprint density at radius 1 is 1.53 bits per heavy atom. The van der Waals surface area contributed by atoms with Gasteiger partial charge in [0.05, 0.1) is 5.69 Å². The third kappa shape index (κ3) is 3.61. The zero-order valence-corrected chi connectivity index (χ0v) is 10.0. The first-order chi connectivity index (χ1) is 7.63. The number of rotatable bonds is 0. The van der Waals surface area contributed by atoms with E-state index in [4.69, 9.17) is 13.0 Å². The summed E-state index contributed by atoms with van der Waals surface area (Å²) in [5, 5.41) is 4.54. The molecule has 1 atom stereocenters. The van der Waals surface area contributed by atoms with Gasteiger partial charge in [-0.05, 0) is 12.5 Å². The number of alkyl halides is 3. The number of aromatic nitrogens is 2. The summed E-state index contributed by atoms with van der Waals surface area (Å²) in [7, 11) is -5.84. The molecule has 2 heterocycles. The molecule has 0 spiro atoms. The highest BCUT2D eigenvalue weighted by atomic mass is 32.2. The average Bonchev–Trinajstić information content (AvgIpc) is 2.69. The number of hydrogen-bond donors (Lipinski definition) is 2. The van der Waals surface area contributed by atoms with Crippen molar-refractivity contribution >= 4 is 22.7 Å². The Kier molecular flexibility index (Phi) is 4.10. The summed E-state index contributed by atoms with van der Waals surface area (Å²) in [5.74, 6) is 0. The standard InChI is InChI=1S/C6H8N2S.CHF3O3S/c9-6-2-4-8-5(6)1-3-7-8;2-1(3,4)8(5,6)7/h1,3,6,9H,2,4H2;(H,5,6,7). The molecule has 0 bridgehead atoms. The van der Waals surface area contributed by atoms with E-state index in [0.717, 1.165) is 13.0 Å². The van der Waals surface area contributed by atoms with Gasteiger partial charge in [0.1, 0.15) is 0 Å². The van der Waals surface area contributed by atoms with Crippen LogP contribution in [-0.4, -0.2) is 28.3 Å². The molecular weight excluding hydrogens is 281 g/mol. The largest absolute Gasteiger partial charge is 0.522 e. The van der Waals surface area contributed by atoms with Crippen LogP contribution in [0.3, 0.4) is 0 Å². The van der Waals surface area contributed by atoms with Gasteiger partial charge < -0.3 is 0 Å². The molecule has 98 valence electrons.